The van der Waals surface area contributed by atoms with Gasteiger partial charge >= 0.3 is 0 Å². The van der Waals surface area contributed by atoms with Crippen LogP contribution in [0.5, 0.6) is 0 Å². The molecule has 0 aromatic heterocycles. The average Bonchev–Trinajstić information content (AvgIpc) is 2.56. The number of rotatable bonds is 8. The molecule has 118 valence electrons. The minimum atomic E-state index is 0.532. The van der Waals surface area contributed by atoms with E-state index in [0.29, 0.717) is 6.04 Å². The molecule has 1 nitrogen and oxygen atoms in total. The van der Waals surface area contributed by atoms with E-state index in [9.17, 15) is 0 Å². The third kappa shape index (κ3) is 5.14. The van der Waals surface area contributed by atoms with Gasteiger partial charge in [0.25, 0.3) is 0 Å². The van der Waals surface area contributed by atoms with Crippen molar-refractivity contribution >= 4 is 0 Å². The molecular weight excluding hydrogens is 254 g/mol. The zero-order chi connectivity index (χ0) is 14.9. The van der Waals surface area contributed by atoms with Gasteiger partial charge in [-0.1, -0.05) is 89.1 Å². The zero-order valence-corrected chi connectivity index (χ0v) is 14.0. The minimum absolute atomic E-state index is 0.532. The largest absolute Gasteiger partial charge is 0.310 e. The molecule has 1 heteroatoms. The highest BCUT2D eigenvalue weighted by Crippen LogP contribution is 2.29. The van der Waals surface area contributed by atoms with Crippen molar-refractivity contribution in [1.82, 2.24) is 5.32 Å². The summed E-state index contributed by atoms with van der Waals surface area (Å²) in [5.41, 5.74) is 1.47. The Bertz CT molecular complexity index is 363. The van der Waals surface area contributed by atoms with Gasteiger partial charge in [-0.3, -0.25) is 0 Å². The van der Waals surface area contributed by atoms with Crippen LogP contribution in [0.1, 0.15) is 76.8 Å². The maximum atomic E-state index is 3.89. The predicted octanol–water partition coefficient (Wildman–Crippen LogP) is 5.72. The Kier molecular flexibility index (Phi) is 7.29. The molecular formula is C20H33N. The Hall–Kier alpha value is -0.820. The molecule has 0 heterocycles. The third-order valence-corrected chi connectivity index (χ3v) is 5.32. The topological polar surface area (TPSA) is 12.0 Å². The van der Waals surface area contributed by atoms with Crippen LogP contribution in [-0.4, -0.2) is 6.54 Å². The second kappa shape index (κ2) is 9.25. The molecule has 1 unspecified atom stereocenters. The smallest absolute Gasteiger partial charge is 0.0348 e. The normalized spacial score (nSPS) is 18.0. The van der Waals surface area contributed by atoms with Crippen molar-refractivity contribution in [3.63, 3.8) is 0 Å². The van der Waals surface area contributed by atoms with Gasteiger partial charge in [-0.25, -0.2) is 0 Å². The van der Waals surface area contributed by atoms with Crippen LogP contribution >= 0.6 is 0 Å². The fraction of sp³-hybridized carbons (Fsp3) is 0.700. The molecule has 0 aliphatic heterocycles. The fourth-order valence-electron chi connectivity index (χ4n) is 3.90. The maximum absolute atomic E-state index is 3.89. The SMILES string of the molecule is CCC(CC)C(NCCC1CCCCC1)c1ccccc1. The molecule has 1 aliphatic carbocycles. The van der Waals surface area contributed by atoms with E-state index >= 15 is 0 Å². The van der Waals surface area contributed by atoms with E-state index in [1.165, 1.54) is 63.5 Å². The van der Waals surface area contributed by atoms with Crippen LogP contribution < -0.4 is 5.32 Å². The first-order valence-corrected chi connectivity index (χ1v) is 9.13. The van der Waals surface area contributed by atoms with E-state index in [4.69, 9.17) is 0 Å². The van der Waals surface area contributed by atoms with E-state index in [0.717, 1.165) is 11.8 Å². The van der Waals surface area contributed by atoms with E-state index in [-0.39, 0.29) is 0 Å². The van der Waals surface area contributed by atoms with Crippen LogP contribution in [0, 0.1) is 11.8 Å². The van der Waals surface area contributed by atoms with Crippen molar-refractivity contribution in [2.45, 2.75) is 71.3 Å². The Labute approximate surface area is 131 Å². The molecule has 1 N–H and O–H groups in total. The van der Waals surface area contributed by atoms with Gasteiger partial charge in [0, 0.05) is 6.04 Å². The number of benzene rings is 1. The fourth-order valence-corrected chi connectivity index (χ4v) is 3.90. The molecule has 1 fully saturated rings. The van der Waals surface area contributed by atoms with E-state index in [1.54, 1.807) is 0 Å². The van der Waals surface area contributed by atoms with E-state index < -0.39 is 0 Å². The van der Waals surface area contributed by atoms with Crippen LogP contribution in [0.15, 0.2) is 30.3 Å². The highest BCUT2D eigenvalue weighted by atomic mass is 14.9. The molecule has 0 bridgehead atoms. The summed E-state index contributed by atoms with van der Waals surface area (Å²) in [5, 5.41) is 3.89. The third-order valence-electron chi connectivity index (χ3n) is 5.32. The van der Waals surface area contributed by atoms with E-state index in [2.05, 4.69) is 49.5 Å². The summed E-state index contributed by atoms with van der Waals surface area (Å²) < 4.78 is 0. The van der Waals surface area contributed by atoms with Crippen molar-refractivity contribution in [3.05, 3.63) is 35.9 Å². The highest BCUT2D eigenvalue weighted by molar-refractivity contribution is 5.19. The first kappa shape index (κ1) is 16.5. The Morgan fingerprint density at radius 1 is 1.00 bits per heavy atom. The summed E-state index contributed by atoms with van der Waals surface area (Å²) in [6, 6.07) is 11.6. The van der Waals surface area contributed by atoms with Crippen molar-refractivity contribution in [2.75, 3.05) is 6.54 Å². The van der Waals surface area contributed by atoms with Gasteiger partial charge in [-0.15, -0.1) is 0 Å². The summed E-state index contributed by atoms with van der Waals surface area (Å²) in [5.74, 6) is 1.73. The van der Waals surface area contributed by atoms with Crippen molar-refractivity contribution in [3.8, 4) is 0 Å². The molecule has 1 aromatic carbocycles. The molecule has 0 amide bonds. The quantitative estimate of drug-likeness (QED) is 0.644. The summed E-state index contributed by atoms with van der Waals surface area (Å²) in [4.78, 5) is 0. The minimum Gasteiger partial charge on any atom is -0.310 e. The lowest BCUT2D eigenvalue weighted by atomic mass is 9.86. The monoisotopic (exact) mass is 287 g/mol. The Morgan fingerprint density at radius 2 is 1.67 bits per heavy atom. The van der Waals surface area contributed by atoms with Crippen LogP contribution in [0.25, 0.3) is 0 Å². The molecule has 1 atom stereocenters. The van der Waals surface area contributed by atoms with Gasteiger partial charge in [0.15, 0.2) is 0 Å². The lowest BCUT2D eigenvalue weighted by Gasteiger charge is -2.29. The first-order chi connectivity index (χ1) is 10.3. The number of hydrogen-bond donors (Lipinski definition) is 1. The molecule has 0 saturated heterocycles. The van der Waals surface area contributed by atoms with Crippen molar-refractivity contribution in [1.29, 1.82) is 0 Å². The second-order valence-corrected chi connectivity index (χ2v) is 6.71. The van der Waals surface area contributed by atoms with Gasteiger partial charge in [-0.2, -0.15) is 0 Å². The molecule has 1 aromatic rings. The van der Waals surface area contributed by atoms with Gasteiger partial charge in [0.1, 0.15) is 0 Å². The van der Waals surface area contributed by atoms with Gasteiger partial charge in [0.05, 0.1) is 0 Å². The molecule has 0 spiro atoms. The van der Waals surface area contributed by atoms with Crippen molar-refractivity contribution in [2.24, 2.45) is 11.8 Å². The van der Waals surface area contributed by atoms with Crippen LogP contribution in [0.4, 0.5) is 0 Å². The van der Waals surface area contributed by atoms with Gasteiger partial charge in [0.2, 0.25) is 0 Å². The summed E-state index contributed by atoms with van der Waals surface area (Å²) in [6.45, 7) is 5.83. The van der Waals surface area contributed by atoms with E-state index in [1.807, 2.05) is 0 Å². The Balaban J connectivity index is 1.89. The second-order valence-electron chi connectivity index (χ2n) is 6.71. The zero-order valence-electron chi connectivity index (χ0n) is 14.0. The molecule has 21 heavy (non-hydrogen) atoms. The lowest BCUT2D eigenvalue weighted by Crippen LogP contribution is -2.30. The molecule has 0 radical (unpaired) electrons. The molecule has 1 saturated carbocycles. The summed E-state index contributed by atoms with van der Waals surface area (Å²) >= 11 is 0. The predicted molar refractivity (Wildman–Crippen MR) is 92.4 cm³/mol. The standard InChI is InChI=1S/C20H33N/c1-3-18(4-2)20(19-13-9-6-10-14-19)21-16-15-17-11-7-5-8-12-17/h6,9-10,13-14,17-18,20-21H,3-5,7-8,11-12,15-16H2,1-2H3. The maximum Gasteiger partial charge on any atom is 0.0348 e. The average molecular weight is 287 g/mol. The lowest BCUT2D eigenvalue weighted by molar-refractivity contribution is 0.299. The highest BCUT2D eigenvalue weighted by Gasteiger charge is 2.20. The van der Waals surface area contributed by atoms with Gasteiger partial charge < -0.3 is 5.32 Å². The summed E-state index contributed by atoms with van der Waals surface area (Å²) in [7, 11) is 0. The van der Waals surface area contributed by atoms with Crippen molar-refractivity contribution < 1.29 is 0 Å². The molecule has 2 rings (SSSR count). The first-order valence-electron chi connectivity index (χ1n) is 9.13. The Morgan fingerprint density at radius 3 is 2.29 bits per heavy atom. The van der Waals surface area contributed by atoms with Crippen LogP contribution in [0.3, 0.4) is 0 Å². The van der Waals surface area contributed by atoms with Gasteiger partial charge in [-0.05, 0) is 30.4 Å². The number of hydrogen-bond acceptors (Lipinski definition) is 1. The summed E-state index contributed by atoms with van der Waals surface area (Å²) in [6.07, 6.45) is 11.2. The van der Waals surface area contributed by atoms with Crippen LogP contribution in [0.2, 0.25) is 0 Å². The number of nitrogens with one attached hydrogen (secondary N) is 1. The molecule has 1 aliphatic rings. The van der Waals surface area contributed by atoms with Crippen LogP contribution in [-0.2, 0) is 0 Å².